The quantitative estimate of drug-likeness (QED) is 0.526. The number of nitrogens with zero attached hydrogens (tertiary/aromatic N) is 1. The Kier molecular flexibility index (Phi) is 3.85. The summed E-state index contributed by atoms with van der Waals surface area (Å²) in [5.41, 5.74) is 10.6. The van der Waals surface area contributed by atoms with Gasteiger partial charge in [-0.25, -0.2) is 0 Å². The van der Waals surface area contributed by atoms with Crippen LogP contribution in [0, 0.1) is 0 Å². The van der Waals surface area contributed by atoms with Crippen LogP contribution >= 0.6 is 0 Å². The molecule has 5 nitrogen and oxygen atoms in total. The molecule has 1 unspecified atom stereocenters. The second-order valence-corrected chi connectivity index (χ2v) is 7.49. The molecule has 0 amide bonds. The third-order valence-corrected chi connectivity index (χ3v) is 5.44. The zero-order valence-corrected chi connectivity index (χ0v) is 15.0. The molecule has 0 aliphatic carbocycles. The molecule has 27 heavy (non-hydrogen) atoms. The van der Waals surface area contributed by atoms with E-state index in [9.17, 15) is 4.79 Å². The minimum atomic E-state index is -0.0773. The largest absolute Gasteiger partial charge is 0.354 e. The first-order chi connectivity index (χ1) is 13.2. The molecule has 1 aliphatic heterocycles. The Balaban J connectivity index is 1.51. The van der Waals surface area contributed by atoms with Gasteiger partial charge in [0, 0.05) is 42.1 Å². The number of nitrogens with one attached hydrogen (secondary N) is 2. The van der Waals surface area contributed by atoms with Gasteiger partial charge in [-0.1, -0.05) is 24.3 Å². The molecule has 4 N–H and O–H groups in total. The second kappa shape index (κ2) is 6.37. The molecular formula is C22H22N4O. The molecule has 0 spiro atoms. The standard InChI is InChI=1S/C22H22N4O/c23-17-7-8-26(13-17)12-14-5-6-20-16(9-14)11-21(24-20)18-10-15-3-1-2-4-19(15)25-22(18)27/h1-6,9-11,17,24H,7-8,12-13,23H2,(H,25,27). The van der Waals surface area contributed by atoms with E-state index in [4.69, 9.17) is 5.73 Å². The van der Waals surface area contributed by atoms with Crippen molar-refractivity contribution >= 4 is 21.8 Å². The highest BCUT2D eigenvalue weighted by molar-refractivity contribution is 5.89. The van der Waals surface area contributed by atoms with E-state index in [0.29, 0.717) is 11.6 Å². The average molecular weight is 358 g/mol. The van der Waals surface area contributed by atoms with Crippen LogP contribution in [-0.2, 0) is 6.54 Å². The topological polar surface area (TPSA) is 77.9 Å². The fourth-order valence-electron chi connectivity index (χ4n) is 4.04. The van der Waals surface area contributed by atoms with Crippen molar-refractivity contribution < 1.29 is 0 Å². The number of nitrogens with two attached hydrogens (primary N) is 1. The minimum Gasteiger partial charge on any atom is -0.354 e. The normalized spacial score (nSPS) is 17.9. The Hall–Kier alpha value is -2.89. The van der Waals surface area contributed by atoms with Gasteiger partial charge >= 0.3 is 0 Å². The summed E-state index contributed by atoms with van der Waals surface area (Å²) in [4.78, 5) is 21.3. The first kappa shape index (κ1) is 16.3. The van der Waals surface area contributed by atoms with E-state index in [1.165, 1.54) is 5.56 Å². The van der Waals surface area contributed by atoms with Gasteiger partial charge in [-0.05, 0) is 47.7 Å². The van der Waals surface area contributed by atoms with Crippen LogP contribution in [0.1, 0.15) is 12.0 Å². The summed E-state index contributed by atoms with van der Waals surface area (Å²) in [5, 5.41) is 2.15. The van der Waals surface area contributed by atoms with E-state index in [1.807, 2.05) is 30.3 Å². The molecule has 5 heteroatoms. The molecule has 1 fully saturated rings. The van der Waals surface area contributed by atoms with E-state index in [-0.39, 0.29) is 5.56 Å². The third-order valence-electron chi connectivity index (χ3n) is 5.44. The molecule has 0 bridgehead atoms. The smallest absolute Gasteiger partial charge is 0.257 e. The maximum absolute atomic E-state index is 12.5. The fraction of sp³-hybridized carbons (Fsp3) is 0.227. The zero-order valence-electron chi connectivity index (χ0n) is 15.0. The van der Waals surface area contributed by atoms with E-state index in [1.54, 1.807) is 0 Å². The average Bonchev–Trinajstić information content (AvgIpc) is 3.26. The first-order valence-electron chi connectivity index (χ1n) is 9.38. The van der Waals surface area contributed by atoms with Crippen LogP contribution in [0.25, 0.3) is 33.1 Å². The summed E-state index contributed by atoms with van der Waals surface area (Å²) in [5.74, 6) is 0. The Morgan fingerprint density at radius 2 is 1.85 bits per heavy atom. The van der Waals surface area contributed by atoms with Crippen LogP contribution in [0.4, 0.5) is 0 Å². The van der Waals surface area contributed by atoms with E-state index in [0.717, 1.165) is 53.6 Å². The molecule has 0 saturated carbocycles. The lowest BCUT2D eigenvalue weighted by Gasteiger charge is -2.15. The SMILES string of the molecule is NC1CCN(Cc2ccc3[nH]c(-c4cc5ccccc5[nH]c4=O)cc3c2)C1. The predicted octanol–water partition coefficient (Wildman–Crippen LogP) is 3.21. The Labute approximate surface area is 156 Å². The molecule has 5 rings (SSSR count). The van der Waals surface area contributed by atoms with Crippen molar-refractivity contribution in [3.63, 3.8) is 0 Å². The van der Waals surface area contributed by atoms with Crippen LogP contribution in [-0.4, -0.2) is 34.0 Å². The molecule has 1 saturated heterocycles. The zero-order chi connectivity index (χ0) is 18.4. The lowest BCUT2D eigenvalue weighted by atomic mass is 10.1. The number of para-hydroxylation sites is 1. The highest BCUT2D eigenvalue weighted by Gasteiger charge is 2.19. The van der Waals surface area contributed by atoms with Crippen LogP contribution in [0.5, 0.6) is 0 Å². The highest BCUT2D eigenvalue weighted by Crippen LogP contribution is 2.25. The molecule has 1 aliphatic rings. The van der Waals surface area contributed by atoms with E-state index < -0.39 is 0 Å². The van der Waals surface area contributed by atoms with E-state index in [2.05, 4.69) is 39.1 Å². The van der Waals surface area contributed by atoms with E-state index >= 15 is 0 Å². The molecule has 136 valence electrons. The number of fused-ring (bicyclic) bond motifs is 2. The van der Waals surface area contributed by atoms with Gasteiger partial charge in [0.15, 0.2) is 0 Å². The molecule has 0 radical (unpaired) electrons. The van der Waals surface area contributed by atoms with Gasteiger partial charge in [0.05, 0.1) is 11.3 Å². The molecule has 4 aromatic rings. The summed E-state index contributed by atoms with van der Waals surface area (Å²) in [6.45, 7) is 2.94. The van der Waals surface area contributed by atoms with Gasteiger partial charge in [-0.2, -0.15) is 0 Å². The van der Waals surface area contributed by atoms with Gasteiger partial charge in [-0.3, -0.25) is 9.69 Å². The molecule has 3 heterocycles. The molecule has 2 aromatic heterocycles. The van der Waals surface area contributed by atoms with Crippen LogP contribution in [0.2, 0.25) is 0 Å². The van der Waals surface area contributed by atoms with Crippen molar-refractivity contribution in [1.29, 1.82) is 0 Å². The molecule has 2 aromatic carbocycles. The monoisotopic (exact) mass is 358 g/mol. The number of hydrogen-bond donors (Lipinski definition) is 3. The van der Waals surface area contributed by atoms with Gasteiger partial charge in [0.25, 0.3) is 5.56 Å². The Bertz CT molecular complexity index is 1190. The Morgan fingerprint density at radius 1 is 1.00 bits per heavy atom. The number of aromatic amines is 2. The number of hydrogen-bond acceptors (Lipinski definition) is 3. The summed E-state index contributed by atoms with van der Waals surface area (Å²) < 4.78 is 0. The van der Waals surface area contributed by atoms with Crippen LogP contribution in [0.15, 0.2) is 59.4 Å². The summed E-state index contributed by atoms with van der Waals surface area (Å²) in [6.07, 6.45) is 1.07. The van der Waals surface area contributed by atoms with Gasteiger partial charge < -0.3 is 15.7 Å². The minimum absolute atomic E-state index is 0.0773. The predicted molar refractivity (Wildman–Crippen MR) is 110 cm³/mol. The van der Waals surface area contributed by atoms with Crippen molar-refractivity contribution in [3.8, 4) is 11.3 Å². The number of benzene rings is 2. The fourth-order valence-corrected chi connectivity index (χ4v) is 4.04. The summed E-state index contributed by atoms with van der Waals surface area (Å²) in [6, 6.07) is 18.6. The van der Waals surface area contributed by atoms with Gasteiger partial charge in [0.1, 0.15) is 0 Å². The van der Waals surface area contributed by atoms with Crippen molar-refractivity contribution in [2.45, 2.75) is 19.0 Å². The van der Waals surface area contributed by atoms with Gasteiger partial charge in [0.2, 0.25) is 0 Å². The van der Waals surface area contributed by atoms with Gasteiger partial charge in [-0.15, -0.1) is 0 Å². The van der Waals surface area contributed by atoms with Crippen molar-refractivity contribution in [2.75, 3.05) is 13.1 Å². The summed E-state index contributed by atoms with van der Waals surface area (Å²) in [7, 11) is 0. The van der Waals surface area contributed by atoms with Crippen molar-refractivity contribution in [2.24, 2.45) is 5.73 Å². The molecular weight excluding hydrogens is 336 g/mol. The lowest BCUT2D eigenvalue weighted by Crippen LogP contribution is -2.26. The van der Waals surface area contributed by atoms with Crippen LogP contribution in [0.3, 0.4) is 0 Å². The molecule has 1 atom stereocenters. The Morgan fingerprint density at radius 3 is 2.70 bits per heavy atom. The summed E-state index contributed by atoms with van der Waals surface area (Å²) >= 11 is 0. The third kappa shape index (κ3) is 3.05. The highest BCUT2D eigenvalue weighted by atomic mass is 16.1. The number of pyridine rings is 1. The maximum Gasteiger partial charge on any atom is 0.257 e. The number of likely N-dealkylation sites (tertiary alicyclic amines) is 1. The number of aromatic nitrogens is 2. The number of H-pyrrole nitrogens is 2. The lowest BCUT2D eigenvalue weighted by molar-refractivity contribution is 0.327. The van der Waals surface area contributed by atoms with Crippen LogP contribution < -0.4 is 11.3 Å². The first-order valence-corrected chi connectivity index (χ1v) is 9.38. The van der Waals surface area contributed by atoms with Crippen molar-refractivity contribution in [1.82, 2.24) is 14.9 Å². The number of rotatable bonds is 3. The maximum atomic E-state index is 12.5. The van der Waals surface area contributed by atoms with Crippen molar-refractivity contribution in [3.05, 3.63) is 70.5 Å². The second-order valence-electron chi connectivity index (χ2n) is 7.49.